The molecule has 0 amide bonds. The molecule has 0 bridgehead atoms. The zero-order chi connectivity index (χ0) is 13.0. The minimum absolute atomic E-state index is 0.386. The second-order valence-corrected chi connectivity index (χ2v) is 4.47. The molecule has 0 aliphatic rings. The van der Waals surface area contributed by atoms with Crippen molar-refractivity contribution in [1.82, 2.24) is 0 Å². The maximum Gasteiger partial charge on any atom is 0.109 e. The molecule has 2 aromatic rings. The lowest BCUT2D eigenvalue weighted by atomic mass is 10.0. The average molecular weight is 239 g/mol. The first-order valence-corrected chi connectivity index (χ1v) is 6.03. The molecule has 0 saturated heterocycles. The monoisotopic (exact) mass is 239 g/mol. The summed E-state index contributed by atoms with van der Waals surface area (Å²) in [5.74, 6) is 0.386. The maximum absolute atomic E-state index is 6.09. The number of nitrogens with zero attached hydrogens (tertiary/aromatic N) is 2. The quantitative estimate of drug-likeness (QED) is 0.606. The van der Waals surface area contributed by atoms with E-state index < -0.39 is 0 Å². The normalized spacial score (nSPS) is 11.3. The van der Waals surface area contributed by atoms with Crippen LogP contribution in [0.2, 0.25) is 0 Å². The molecule has 3 nitrogen and oxygen atoms in total. The summed E-state index contributed by atoms with van der Waals surface area (Å²) in [4.78, 5) is 0. The van der Waals surface area contributed by atoms with Crippen LogP contribution in [0.1, 0.15) is 25.3 Å². The first kappa shape index (κ1) is 12.3. The third-order valence-electron chi connectivity index (χ3n) is 2.77. The van der Waals surface area contributed by atoms with Crippen molar-refractivity contribution in [3.8, 4) is 0 Å². The molecule has 92 valence electrons. The summed E-state index contributed by atoms with van der Waals surface area (Å²) in [5, 5.41) is 8.40. The van der Waals surface area contributed by atoms with Gasteiger partial charge < -0.3 is 5.73 Å². The number of nitrogens with two attached hydrogens (primary N) is 1. The van der Waals surface area contributed by atoms with Gasteiger partial charge in [0.25, 0.3) is 0 Å². The number of rotatable bonds is 3. The third-order valence-corrected chi connectivity index (χ3v) is 2.77. The Morgan fingerprint density at radius 1 is 0.889 bits per heavy atom. The molecule has 3 heteroatoms. The van der Waals surface area contributed by atoms with Gasteiger partial charge in [-0.2, -0.15) is 5.11 Å². The Hall–Kier alpha value is -2.16. The fourth-order valence-corrected chi connectivity index (χ4v) is 1.77. The lowest BCUT2D eigenvalue weighted by molar-refractivity contribution is 0.869. The Kier molecular flexibility index (Phi) is 3.72. The number of para-hydroxylation sites is 1. The summed E-state index contributed by atoms with van der Waals surface area (Å²) in [6, 6.07) is 15.5. The van der Waals surface area contributed by atoms with E-state index in [2.05, 4.69) is 24.1 Å². The van der Waals surface area contributed by atoms with Crippen LogP contribution in [0.5, 0.6) is 0 Å². The Morgan fingerprint density at radius 3 is 2.28 bits per heavy atom. The number of hydrogen-bond donors (Lipinski definition) is 1. The van der Waals surface area contributed by atoms with Crippen molar-refractivity contribution in [1.29, 1.82) is 0 Å². The number of hydrogen-bond acceptors (Lipinski definition) is 3. The van der Waals surface area contributed by atoms with Crippen LogP contribution in [-0.2, 0) is 0 Å². The SMILES string of the molecule is CC(C)c1cccc(N=Nc2ccccc2)c1N. The Bertz CT molecular complexity index is 545. The van der Waals surface area contributed by atoms with Gasteiger partial charge in [0.15, 0.2) is 0 Å². The van der Waals surface area contributed by atoms with Crippen molar-refractivity contribution in [2.75, 3.05) is 5.73 Å². The highest BCUT2D eigenvalue weighted by molar-refractivity contribution is 5.67. The summed E-state index contributed by atoms with van der Waals surface area (Å²) in [7, 11) is 0. The first-order valence-electron chi connectivity index (χ1n) is 6.03. The standard InChI is InChI=1S/C15H17N3/c1-11(2)13-9-6-10-14(15(13)16)18-17-12-7-4-3-5-8-12/h3-11H,16H2,1-2H3. The smallest absolute Gasteiger partial charge is 0.109 e. The van der Waals surface area contributed by atoms with Gasteiger partial charge in [-0.05, 0) is 29.7 Å². The van der Waals surface area contributed by atoms with E-state index in [1.807, 2.05) is 48.5 Å². The van der Waals surface area contributed by atoms with Crippen LogP contribution in [0, 0.1) is 0 Å². The second kappa shape index (κ2) is 5.45. The molecule has 2 rings (SSSR count). The van der Waals surface area contributed by atoms with E-state index in [0.29, 0.717) is 11.6 Å². The van der Waals surface area contributed by atoms with E-state index in [1.165, 1.54) is 0 Å². The number of benzene rings is 2. The van der Waals surface area contributed by atoms with Gasteiger partial charge in [0, 0.05) is 0 Å². The highest BCUT2D eigenvalue weighted by Gasteiger charge is 2.07. The van der Waals surface area contributed by atoms with Crippen LogP contribution in [0.25, 0.3) is 0 Å². The van der Waals surface area contributed by atoms with E-state index in [0.717, 1.165) is 16.9 Å². The van der Waals surface area contributed by atoms with Gasteiger partial charge in [0.1, 0.15) is 5.69 Å². The zero-order valence-electron chi connectivity index (χ0n) is 10.7. The molecule has 18 heavy (non-hydrogen) atoms. The van der Waals surface area contributed by atoms with Crippen LogP contribution < -0.4 is 5.73 Å². The minimum atomic E-state index is 0.386. The second-order valence-electron chi connectivity index (χ2n) is 4.47. The summed E-state index contributed by atoms with van der Waals surface area (Å²) in [6.07, 6.45) is 0. The van der Waals surface area contributed by atoms with Gasteiger partial charge in [0.05, 0.1) is 11.4 Å². The van der Waals surface area contributed by atoms with Gasteiger partial charge in [-0.1, -0.05) is 44.2 Å². The largest absolute Gasteiger partial charge is 0.397 e. The highest BCUT2D eigenvalue weighted by atomic mass is 15.1. The van der Waals surface area contributed by atoms with Crippen molar-refractivity contribution >= 4 is 17.1 Å². The van der Waals surface area contributed by atoms with Gasteiger partial charge in [-0.3, -0.25) is 0 Å². The fraction of sp³-hybridized carbons (Fsp3) is 0.200. The molecule has 0 radical (unpaired) electrons. The summed E-state index contributed by atoms with van der Waals surface area (Å²) >= 11 is 0. The third kappa shape index (κ3) is 2.74. The number of nitrogen functional groups attached to an aromatic ring is 1. The highest BCUT2D eigenvalue weighted by Crippen LogP contribution is 2.31. The van der Waals surface area contributed by atoms with Crippen molar-refractivity contribution in [2.45, 2.75) is 19.8 Å². The Balaban J connectivity index is 2.30. The molecule has 0 saturated carbocycles. The topological polar surface area (TPSA) is 50.7 Å². The van der Waals surface area contributed by atoms with Crippen molar-refractivity contribution in [2.24, 2.45) is 10.2 Å². The van der Waals surface area contributed by atoms with E-state index >= 15 is 0 Å². The average Bonchev–Trinajstić information content (AvgIpc) is 2.38. The predicted octanol–water partition coefficient (Wildman–Crippen LogP) is 4.81. The van der Waals surface area contributed by atoms with Crippen molar-refractivity contribution in [3.05, 3.63) is 54.1 Å². The molecule has 0 aliphatic carbocycles. The molecular weight excluding hydrogens is 222 g/mol. The summed E-state index contributed by atoms with van der Waals surface area (Å²) in [6.45, 7) is 4.23. The maximum atomic E-state index is 6.09. The molecular formula is C15H17N3. The molecule has 0 heterocycles. The lowest BCUT2D eigenvalue weighted by Gasteiger charge is -2.10. The zero-order valence-corrected chi connectivity index (χ0v) is 10.7. The molecule has 0 fully saturated rings. The first-order chi connectivity index (χ1) is 8.68. The number of azo groups is 1. The molecule has 0 aliphatic heterocycles. The predicted molar refractivity (Wildman–Crippen MR) is 75.6 cm³/mol. The molecule has 0 aromatic heterocycles. The summed E-state index contributed by atoms with van der Waals surface area (Å²) < 4.78 is 0. The van der Waals surface area contributed by atoms with Crippen LogP contribution in [0.15, 0.2) is 58.8 Å². The van der Waals surface area contributed by atoms with Gasteiger partial charge >= 0.3 is 0 Å². The lowest BCUT2D eigenvalue weighted by Crippen LogP contribution is -1.95. The molecule has 0 unspecified atom stereocenters. The van der Waals surface area contributed by atoms with Crippen molar-refractivity contribution in [3.63, 3.8) is 0 Å². The Labute approximate surface area is 107 Å². The van der Waals surface area contributed by atoms with Crippen LogP contribution >= 0.6 is 0 Å². The minimum Gasteiger partial charge on any atom is -0.397 e. The van der Waals surface area contributed by atoms with Crippen molar-refractivity contribution < 1.29 is 0 Å². The van der Waals surface area contributed by atoms with E-state index in [-0.39, 0.29) is 0 Å². The van der Waals surface area contributed by atoms with Gasteiger partial charge in [-0.25, -0.2) is 0 Å². The molecule has 0 atom stereocenters. The van der Waals surface area contributed by atoms with Crippen LogP contribution in [0.4, 0.5) is 17.1 Å². The Morgan fingerprint density at radius 2 is 1.61 bits per heavy atom. The van der Waals surface area contributed by atoms with E-state index in [1.54, 1.807) is 0 Å². The number of anilines is 1. The fourth-order valence-electron chi connectivity index (χ4n) is 1.77. The molecule has 2 aromatic carbocycles. The summed E-state index contributed by atoms with van der Waals surface area (Å²) in [5.41, 5.74) is 9.47. The van der Waals surface area contributed by atoms with Gasteiger partial charge in [0.2, 0.25) is 0 Å². The van der Waals surface area contributed by atoms with E-state index in [9.17, 15) is 0 Å². The molecule has 0 spiro atoms. The molecule has 2 N–H and O–H groups in total. The van der Waals surface area contributed by atoms with Crippen LogP contribution in [-0.4, -0.2) is 0 Å². The van der Waals surface area contributed by atoms with Gasteiger partial charge in [-0.15, -0.1) is 5.11 Å². The van der Waals surface area contributed by atoms with E-state index in [4.69, 9.17) is 5.73 Å². The van der Waals surface area contributed by atoms with Crippen LogP contribution in [0.3, 0.4) is 0 Å².